The Morgan fingerprint density at radius 3 is 2.27 bits per heavy atom. The second-order valence-corrected chi connectivity index (χ2v) is 8.00. The first-order chi connectivity index (χ1) is 14.3. The summed E-state index contributed by atoms with van der Waals surface area (Å²) in [6.45, 7) is 15.1. The number of aliphatic hydroxyl groups is 1. The second kappa shape index (κ2) is 10.6. The van der Waals surface area contributed by atoms with Crippen LogP contribution in [0.3, 0.4) is 0 Å². The zero-order valence-electron chi connectivity index (χ0n) is 19.5. The van der Waals surface area contributed by atoms with Crippen LogP contribution in [-0.2, 0) is 14.5 Å². The third-order valence-electron chi connectivity index (χ3n) is 6.07. The van der Waals surface area contributed by atoms with Crippen LogP contribution in [0.4, 0.5) is 0 Å². The number of allylic oxidation sites excluding steroid dienone is 6. The SMILES string of the molecule is CCCC(=NOCC)C1=C(O)CC(C2=C(C)C(C)=C(C)C(=NOCC)C2C)CC1=O. The maximum Gasteiger partial charge on any atom is 0.168 e. The molecule has 2 aliphatic rings. The van der Waals surface area contributed by atoms with E-state index in [1.807, 2.05) is 20.8 Å². The normalized spacial score (nSPS) is 24.8. The van der Waals surface area contributed by atoms with Gasteiger partial charge in [0.25, 0.3) is 0 Å². The van der Waals surface area contributed by atoms with Gasteiger partial charge in [-0.15, -0.1) is 0 Å². The van der Waals surface area contributed by atoms with Crippen LogP contribution in [0.5, 0.6) is 0 Å². The molecule has 2 aliphatic carbocycles. The van der Waals surface area contributed by atoms with E-state index in [0.717, 1.165) is 28.9 Å². The van der Waals surface area contributed by atoms with Crippen LogP contribution in [-0.4, -0.2) is 35.5 Å². The molecular formula is C24H36N2O4. The standard InChI is InChI=1S/C24H36N2O4/c1-8-11-19(25-29-9-2)23-20(27)12-18(13-21(23)28)22-15(5)14(4)16(6)24(17(22)7)26-30-10-3/h17-18,27H,8-13H2,1-7H3. The van der Waals surface area contributed by atoms with E-state index in [1.54, 1.807) is 0 Å². The van der Waals surface area contributed by atoms with E-state index in [-0.39, 0.29) is 23.4 Å². The van der Waals surface area contributed by atoms with Crippen molar-refractivity contribution in [3.63, 3.8) is 0 Å². The smallest absolute Gasteiger partial charge is 0.168 e. The Hall–Kier alpha value is -2.37. The van der Waals surface area contributed by atoms with Crippen LogP contribution < -0.4 is 0 Å². The van der Waals surface area contributed by atoms with Gasteiger partial charge in [-0.25, -0.2) is 0 Å². The zero-order chi connectivity index (χ0) is 22.4. The summed E-state index contributed by atoms with van der Waals surface area (Å²) in [5, 5.41) is 19.3. The lowest BCUT2D eigenvalue weighted by Gasteiger charge is -2.35. The molecule has 0 spiro atoms. The van der Waals surface area contributed by atoms with Crippen molar-refractivity contribution in [1.82, 2.24) is 0 Å². The molecule has 30 heavy (non-hydrogen) atoms. The molecule has 0 saturated heterocycles. The van der Waals surface area contributed by atoms with Crippen LogP contribution in [0.1, 0.15) is 74.1 Å². The third kappa shape index (κ3) is 4.85. The Bertz CT molecular complexity index is 830. The lowest BCUT2D eigenvalue weighted by molar-refractivity contribution is -0.116. The van der Waals surface area contributed by atoms with Gasteiger partial charge in [-0.3, -0.25) is 4.79 Å². The van der Waals surface area contributed by atoms with Crippen molar-refractivity contribution in [2.24, 2.45) is 22.1 Å². The molecule has 2 unspecified atom stereocenters. The molecule has 0 aromatic rings. The summed E-state index contributed by atoms with van der Waals surface area (Å²) in [7, 11) is 0. The van der Waals surface area contributed by atoms with Crippen LogP contribution in [0.15, 0.2) is 43.9 Å². The summed E-state index contributed by atoms with van der Waals surface area (Å²) < 4.78 is 0. The first-order valence-corrected chi connectivity index (χ1v) is 11.0. The number of rotatable bonds is 8. The highest BCUT2D eigenvalue weighted by atomic mass is 16.6. The molecule has 6 nitrogen and oxygen atoms in total. The van der Waals surface area contributed by atoms with Crippen molar-refractivity contribution >= 4 is 17.2 Å². The van der Waals surface area contributed by atoms with Crippen LogP contribution in [0.25, 0.3) is 0 Å². The predicted octanol–water partition coefficient (Wildman–Crippen LogP) is 5.67. The molecule has 0 fully saturated rings. The van der Waals surface area contributed by atoms with Gasteiger partial charge in [0.05, 0.1) is 17.0 Å². The van der Waals surface area contributed by atoms with E-state index in [0.29, 0.717) is 43.8 Å². The molecule has 0 radical (unpaired) electrons. The Kier molecular flexibility index (Phi) is 8.44. The molecule has 0 bridgehead atoms. The summed E-state index contributed by atoms with van der Waals surface area (Å²) in [5.41, 5.74) is 6.42. The molecule has 0 saturated carbocycles. The number of oxime groups is 2. The van der Waals surface area contributed by atoms with E-state index in [4.69, 9.17) is 9.68 Å². The lowest BCUT2D eigenvalue weighted by Crippen LogP contribution is -2.31. The summed E-state index contributed by atoms with van der Waals surface area (Å²) in [6, 6.07) is 0. The van der Waals surface area contributed by atoms with E-state index >= 15 is 0 Å². The fraction of sp³-hybridized carbons (Fsp3) is 0.625. The van der Waals surface area contributed by atoms with Gasteiger partial charge < -0.3 is 14.8 Å². The Morgan fingerprint density at radius 2 is 1.70 bits per heavy atom. The molecule has 0 aromatic carbocycles. The van der Waals surface area contributed by atoms with Crippen molar-refractivity contribution in [3.8, 4) is 0 Å². The predicted molar refractivity (Wildman–Crippen MR) is 121 cm³/mol. The van der Waals surface area contributed by atoms with Gasteiger partial charge in [-0.2, -0.15) is 0 Å². The molecule has 2 atom stereocenters. The minimum atomic E-state index is -0.0737. The Morgan fingerprint density at radius 1 is 1.03 bits per heavy atom. The van der Waals surface area contributed by atoms with Crippen molar-refractivity contribution in [1.29, 1.82) is 0 Å². The number of Topliss-reactive ketones (excluding diaryl/α,β-unsaturated/α-hetero) is 1. The maximum atomic E-state index is 13.1. The molecule has 2 rings (SSSR count). The van der Waals surface area contributed by atoms with E-state index in [1.165, 1.54) is 5.57 Å². The highest BCUT2D eigenvalue weighted by Crippen LogP contribution is 2.42. The first kappa shape index (κ1) is 23.9. The molecule has 0 amide bonds. The van der Waals surface area contributed by atoms with Gasteiger partial charge in [0, 0.05) is 18.8 Å². The first-order valence-electron chi connectivity index (χ1n) is 11.0. The molecule has 0 heterocycles. The average molecular weight is 417 g/mol. The number of carbonyl (C=O) groups excluding carboxylic acids is 1. The van der Waals surface area contributed by atoms with E-state index < -0.39 is 0 Å². The summed E-state index contributed by atoms with van der Waals surface area (Å²) in [6.07, 6.45) is 2.18. The largest absolute Gasteiger partial charge is 0.511 e. The van der Waals surface area contributed by atoms with E-state index in [9.17, 15) is 9.90 Å². The van der Waals surface area contributed by atoms with Gasteiger partial charge in [0.1, 0.15) is 19.0 Å². The fourth-order valence-electron chi connectivity index (χ4n) is 4.47. The van der Waals surface area contributed by atoms with Gasteiger partial charge in [0.2, 0.25) is 0 Å². The molecule has 166 valence electrons. The van der Waals surface area contributed by atoms with Crippen LogP contribution in [0.2, 0.25) is 0 Å². The molecule has 0 aromatic heterocycles. The van der Waals surface area contributed by atoms with Crippen molar-refractivity contribution < 1.29 is 19.6 Å². The van der Waals surface area contributed by atoms with Gasteiger partial charge in [-0.1, -0.05) is 36.2 Å². The highest BCUT2D eigenvalue weighted by Gasteiger charge is 2.37. The number of aliphatic hydroxyl groups excluding tert-OH is 1. The second-order valence-electron chi connectivity index (χ2n) is 8.00. The molecule has 1 N–H and O–H groups in total. The highest BCUT2D eigenvalue weighted by molar-refractivity contribution is 6.23. The third-order valence-corrected chi connectivity index (χ3v) is 6.07. The van der Waals surface area contributed by atoms with Gasteiger partial charge in [0.15, 0.2) is 5.78 Å². The maximum absolute atomic E-state index is 13.1. The van der Waals surface area contributed by atoms with Crippen molar-refractivity contribution in [2.75, 3.05) is 13.2 Å². The van der Waals surface area contributed by atoms with Crippen LogP contribution >= 0.6 is 0 Å². The summed E-state index contributed by atoms with van der Waals surface area (Å²) >= 11 is 0. The number of ketones is 1. The fourth-order valence-corrected chi connectivity index (χ4v) is 4.47. The monoisotopic (exact) mass is 416 g/mol. The minimum Gasteiger partial charge on any atom is -0.511 e. The average Bonchev–Trinajstić information content (AvgIpc) is 2.70. The lowest BCUT2D eigenvalue weighted by atomic mass is 9.70. The number of hydrogen-bond donors (Lipinski definition) is 1. The van der Waals surface area contributed by atoms with Crippen molar-refractivity contribution in [2.45, 2.75) is 74.1 Å². The molecule has 0 aliphatic heterocycles. The summed E-state index contributed by atoms with van der Waals surface area (Å²) in [4.78, 5) is 23.7. The zero-order valence-corrected chi connectivity index (χ0v) is 19.5. The van der Waals surface area contributed by atoms with Gasteiger partial charge in [-0.05, 0) is 63.7 Å². The van der Waals surface area contributed by atoms with Crippen molar-refractivity contribution in [3.05, 3.63) is 33.6 Å². The van der Waals surface area contributed by atoms with Crippen LogP contribution in [0, 0.1) is 11.8 Å². The van der Waals surface area contributed by atoms with Gasteiger partial charge >= 0.3 is 0 Å². The topological polar surface area (TPSA) is 80.5 Å². The van der Waals surface area contributed by atoms with E-state index in [2.05, 4.69) is 38.0 Å². The number of nitrogens with zero attached hydrogens (tertiary/aromatic N) is 2. The summed E-state index contributed by atoms with van der Waals surface area (Å²) in [5.74, 6) is -0.000966. The number of carbonyl (C=O) groups is 1. The molecular weight excluding hydrogens is 380 g/mol. The minimum absolute atomic E-state index is 0.0274. The molecule has 6 heteroatoms. The Balaban J connectivity index is 2.45. The quantitative estimate of drug-likeness (QED) is 0.409. The Labute approximate surface area is 180 Å². The number of hydrogen-bond acceptors (Lipinski definition) is 6.